The van der Waals surface area contributed by atoms with Crippen LogP contribution in [0, 0.1) is 5.82 Å². The molecule has 30 heavy (non-hydrogen) atoms. The lowest BCUT2D eigenvalue weighted by Gasteiger charge is -2.10. The molecule has 0 N–H and O–H groups in total. The van der Waals surface area contributed by atoms with Crippen LogP contribution >= 0.6 is 0 Å². The highest BCUT2D eigenvalue weighted by atomic mass is 19.1. The smallest absolute Gasteiger partial charge is 0.225 e. The molecule has 3 heterocycles. The summed E-state index contributed by atoms with van der Waals surface area (Å²) in [6.45, 7) is 0.164. The fraction of sp³-hybridized carbons (Fsp3) is 0.0952. The molecule has 3 aromatic heterocycles. The first-order chi connectivity index (χ1) is 14.7. The van der Waals surface area contributed by atoms with Crippen LogP contribution in [0.1, 0.15) is 5.82 Å². The summed E-state index contributed by atoms with van der Waals surface area (Å²) >= 11 is 0. The van der Waals surface area contributed by atoms with Gasteiger partial charge in [0.15, 0.2) is 18.1 Å². The van der Waals surface area contributed by atoms with Gasteiger partial charge in [0.2, 0.25) is 5.88 Å². The van der Waals surface area contributed by atoms with Crippen LogP contribution in [-0.4, -0.2) is 34.6 Å². The van der Waals surface area contributed by atoms with Crippen molar-refractivity contribution in [1.29, 1.82) is 0 Å². The highest BCUT2D eigenvalue weighted by Crippen LogP contribution is 2.31. The minimum atomic E-state index is -0.318. The Hall–Kier alpha value is -4.14. The normalized spacial score (nSPS) is 11.1. The number of nitrogens with zero attached hydrogens (tertiary/aromatic N) is 7. The fourth-order valence-electron chi connectivity index (χ4n) is 3.12. The molecule has 5 rings (SSSR count). The van der Waals surface area contributed by atoms with Gasteiger partial charge < -0.3 is 4.74 Å². The van der Waals surface area contributed by atoms with E-state index >= 15 is 0 Å². The van der Waals surface area contributed by atoms with Crippen LogP contribution in [0.5, 0.6) is 5.88 Å². The number of fused-ring (bicyclic) bond motifs is 1. The van der Waals surface area contributed by atoms with Crippen LogP contribution in [-0.2, 0) is 13.7 Å². The molecule has 9 heteroatoms. The summed E-state index contributed by atoms with van der Waals surface area (Å²) in [5.41, 5.74) is 3.44. The van der Waals surface area contributed by atoms with Crippen molar-refractivity contribution in [1.82, 2.24) is 34.6 Å². The summed E-state index contributed by atoms with van der Waals surface area (Å²) in [5, 5.41) is 12.7. The zero-order valence-electron chi connectivity index (χ0n) is 16.0. The van der Waals surface area contributed by atoms with E-state index in [0.29, 0.717) is 28.6 Å². The molecule has 0 aliphatic heterocycles. The van der Waals surface area contributed by atoms with Crippen molar-refractivity contribution in [2.24, 2.45) is 7.05 Å². The standard InChI is InChI=1S/C21H16FN7O/c1-28-13-23-18(26-28)12-30-21-17(14-5-3-2-4-6-14)11-29-20(24-21)19(25-27-29)15-7-9-16(22)10-8-15/h2-11,13H,12H2,1H3. The second kappa shape index (κ2) is 7.36. The van der Waals surface area contributed by atoms with Gasteiger partial charge in [-0.25, -0.2) is 13.9 Å². The Morgan fingerprint density at radius 2 is 1.80 bits per heavy atom. The van der Waals surface area contributed by atoms with Gasteiger partial charge >= 0.3 is 0 Å². The molecule has 0 unspecified atom stereocenters. The number of aromatic nitrogens is 7. The Kier molecular flexibility index (Phi) is 4.40. The van der Waals surface area contributed by atoms with Crippen molar-refractivity contribution >= 4 is 5.65 Å². The first-order valence-electron chi connectivity index (χ1n) is 9.22. The third kappa shape index (κ3) is 3.37. The topological polar surface area (TPSA) is 83.0 Å². The first-order valence-corrected chi connectivity index (χ1v) is 9.22. The van der Waals surface area contributed by atoms with Crippen LogP contribution in [0.3, 0.4) is 0 Å². The number of benzene rings is 2. The monoisotopic (exact) mass is 401 g/mol. The van der Waals surface area contributed by atoms with E-state index in [4.69, 9.17) is 9.72 Å². The lowest BCUT2D eigenvalue weighted by atomic mass is 10.1. The summed E-state index contributed by atoms with van der Waals surface area (Å²) in [4.78, 5) is 8.88. The van der Waals surface area contributed by atoms with Gasteiger partial charge in [-0.2, -0.15) is 10.1 Å². The summed E-state index contributed by atoms with van der Waals surface area (Å²) in [6, 6.07) is 15.8. The van der Waals surface area contributed by atoms with Crippen LogP contribution < -0.4 is 4.74 Å². The van der Waals surface area contributed by atoms with Gasteiger partial charge in [0.05, 0.1) is 5.56 Å². The third-order valence-corrected chi connectivity index (χ3v) is 4.55. The van der Waals surface area contributed by atoms with E-state index in [-0.39, 0.29) is 12.4 Å². The molecule has 0 aliphatic rings. The Balaban J connectivity index is 1.61. The quantitative estimate of drug-likeness (QED) is 0.449. The number of hydrogen-bond acceptors (Lipinski definition) is 6. The van der Waals surface area contributed by atoms with E-state index in [0.717, 1.165) is 11.1 Å². The van der Waals surface area contributed by atoms with Gasteiger partial charge in [0.25, 0.3) is 0 Å². The van der Waals surface area contributed by atoms with E-state index in [1.54, 1.807) is 34.7 Å². The van der Waals surface area contributed by atoms with Gasteiger partial charge in [-0.15, -0.1) is 5.10 Å². The van der Waals surface area contributed by atoms with Gasteiger partial charge in [-0.3, -0.25) is 4.68 Å². The van der Waals surface area contributed by atoms with Crippen molar-refractivity contribution in [2.75, 3.05) is 0 Å². The average molecular weight is 401 g/mol. The summed E-state index contributed by atoms with van der Waals surface area (Å²) in [5.74, 6) is 0.636. The van der Waals surface area contributed by atoms with Crippen LogP contribution in [0.4, 0.5) is 4.39 Å². The van der Waals surface area contributed by atoms with Gasteiger partial charge in [0.1, 0.15) is 17.8 Å². The first kappa shape index (κ1) is 17.9. The van der Waals surface area contributed by atoms with E-state index in [9.17, 15) is 4.39 Å². The van der Waals surface area contributed by atoms with Gasteiger partial charge in [0, 0.05) is 18.8 Å². The zero-order valence-corrected chi connectivity index (χ0v) is 16.0. The molecule has 0 bridgehead atoms. The van der Waals surface area contributed by atoms with E-state index < -0.39 is 0 Å². The molecule has 0 atom stereocenters. The number of ether oxygens (including phenoxy) is 1. The Morgan fingerprint density at radius 1 is 1.00 bits per heavy atom. The lowest BCUT2D eigenvalue weighted by Crippen LogP contribution is -2.04. The van der Waals surface area contributed by atoms with Crippen LogP contribution in [0.15, 0.2) is 67.1 Å². The van der Waals surface area contributed by atoms with E-state index in [1.807, 2.05) is 36.5 Å². The molecule has 0 saturated carbocycles. The largest absolute Gasteiger partial charge is 0.469 e. The Labute approximate surface area is 170 Å². The molecule has 148 valence electrons. The Bertz CT molecular complexity index is 1310. The predicted octanol–water partition coefficient (Wildman–Crippen LogP) is 3.30. The molecular weight excluding hydrogens is 385 g/mol. The SMILES string of the molecule is Cn1cnc(COc2nc3c(-c4ccc(F)cc4)nnn3cc2-c2ccccc2)n1. The van der Waals surface area contributed by atoms with Crippen molar-refractivity contribution < 1.29 is 9.13 Å². The fourth-order valence-corrected chi connectivity index (χ4v) is 3.12. The molecule has 0 saturated heterocycles. The second-order valence-electron chi connectivity index (χ2n) is 6.66. The van der Waals surface area contributed by atoms with E-state index in [2.05, 4.69) is 20.4 Å². The highest BCUT2D eigenvalue weighted by molar-refractivity contribution is 5.76. The minimum Gasteiger partial charge on any atom is -0.469 e. The lowest BCUT2D eigenvalue weighted by molar-refractivity contribution is 0.285. The van der Waals surface area contributed by atoms with Crippen LogP contribution in [0.2, 0.25) is 0 Å². The molecule has 5 aromatic rings. The molecule has 0 amide bonds. The number of hydrogen-bond donors (Lipinski definition) is 0. The number of rotatable bonds is 5. The molecule has 8 nitrogen and oxygen atoms in total. The van der Waals surface area contributed by atoms with E-state index in [1.165, 1.54) is 12.1 Å². The van der Waals surface area contributed by atoms with Crippen molar-refractivity contribution in [2.45, 2.75) is 6.61 Å². The maximum Gasteiger partial charge on any atom is 0.225 e. The minimum absolute atomic E-state index is 0.164. The van der Waals surface area contributed by atoms with Crippen molar-refractivity contribution in [3.8, 4) is 28.3 Å². The number of aryl methyl sites for hydroxylation is 1. The third-order valence-electron chi connectivity index (χ3n) is 4.55. The van der Waals surface area contributed by atoms with Gasteiger partial charge in [-0.05, 0) is 29.8 Å². The summed E-state index contributed by atoms with van der Waals surface area (Å²) < 4.78 is 22.5. The zero-order chi connectivity index (χ0) is 20.5. The Morgan fingerprint density at radius 3 is 2.53 bits per heavy atom. The van der Waals surface area contributed by atoms with Gasteiger partial charge in [-0.1, -0.05) is 35.5 Å². The molecule has 0 fully saturated rings. The molecular formula is C21H16FN7O. The molecule has 0 radical (unpaired) electrons. The summed E-state index contributed by atoms with van der Waals surface area (Å²) in [7, 11) is 1.79. The molecule has 2 aromatic carbocycles. The number of halogens is 1. The molecule has 0 aliphatic carbocycles. The molecule has 0 spiro atoms. The van der Waals surface area contributed by atoms with Crippen molar-refractivity contribution in [3.63, 3.8) is 0 Å². The van der Waals surface area contributed by atoms with Crippen molar-refractivity contribution in [3.05, 3.63) is 78.8 Å². The maximum absolute atomic E-state index is 13.3. The highest BCUT2D eigenvalue weighted by Gasteiger charge is 2.17. The van der Waals surface area contributed by atoms with Crippen LogP contribution in [0.25, 0.3) is 28.0 Å². The summed E-state index contributed by atoms with van der Waals surface area (Å²) in [6.07, 6.45) is 3.43. The predicted molar refractivity (Wildman–Crippen MR) is 107 cm³/mol. The second-order valence-corrected chi connectivity index (χ2v) is 6.66. The average Bonchev–Trinajstić information content (AvgIpc) is 3.38. The maximum atomic E-state index is 13.3.